The van der Waals surface area contributed by atoms with Crippen molar-refractivity contribution in [3.8, 4) is 6.07 Å². The molecule has 1 aromatic carbocycles. The van der Waals surface area contributed by atoms with E-state index in [-0.39, 0.29) is 11.9 Å². The maximum atomic E-state index is 11.2. The Hall–Kier alpha value is -1.93. The number of hydrogen-bond donors (Lipinski definition) is 0. The van der Waals surface area contributed by atoms with Gasteiger partial charge in [-0.2, -0.15) is 5.26 Å². The zero-order valence-corrected chi connectivity index (χ0v) is 13.6. The quantitative estimate of drug-likeness (QED) is 0.534. The second kappa shape index (κ2) is 8.50. The third-order valence-corrected chi connectivity index (χ3v) is 4.59. The van der Waals surface area contributed by atoms with Crippen LogP contribution in [0.3, 0.4) is 0 Å². The summed E-state index contributed by atoms with van der Waals surface area (Å²) in [6.07, 6.45) is 3.93. The first-order valence-corrected chi connectivity index (χ1v) is 8.47. The van der Waals surface area contributed by atoms with Crippen LogP contribution >= 0.6 is 11.3 Å². The van der Waals surface area contributed by atoms with Crippen molar-refractivity contribution in [1.82, 2.24) is 4.98 Å². The van der Waals surface area contributed by atoms with Gasteiger partial charge in [-0.25, -0.2) is 4.98 Å². The Kier molecular flexibility index (Phi) is 6.35. The molecule has 116 valence electrons. The van der Waals surface area contributed by atoms with Crippen molar-refractivity contribution in [1.29, 1.82) is 5.26 Å². The van der Waals surface area contributed by atoms with Crippen molar-refractivity contribution >= 4 is 27.5 Å². The summed E-state index contributed by atoms with van der Waals surface area (Å²) in [7, 11) is 0. The van der Waals surface area contributed by atoms with Gasteiger partial charge in [0.2, 0.25) is 0 Å². The van der Waals surface area contributed by atoms with Crippen molar-refractivity contribution < 1.29 is 9.53 Å². The summed E-state index contributed by atoms with van der Waals surface area (Å²) in [5.41, 5.74) is 0.963. The molecule has 0 bridgehead atoms. The Labute approximate surface area is 134 Å². The molecule has 22 heavy (non-hydrogen) atoms. The fourth-order valence-electron chi connectivity index (χ4n) is 2.31. The van der Waals surface area contributed by atoms with Gasteiger partial charge in [-0.3, -0.25) is 4.79 Å². The Morgan fingerprint density at radius 1 is 1.36 bits per heavy atom. The van der Waals surface area contributed by atoms with Crippen LogP contribution in [0.25, 0.3) is 10.2 Å². The molecule has 5 heteroatoms. The van der Waals surface area contributed by atoms with Crippen LogP contribution in [0.15, 0.2) is 24.3 Å². The SMILES string of the molecule is CCOC(=O)CCCCCC(C#N)c1nc2ccccc2s1. The predicted molar refractivity (Wildman–Crippen MR) is 87.7 cm³/mol. The van der Waals surface area contributed by atoms with Crippen LogP contribution in [0.2, 0.25) is 0 Å². The first-order valence-electron chi connectivity index (χ1n) is 7.65. The average Bonchev–Trinajstić information content (AvgIpc) is 2.94. The molecule has 0 fully saturated rings. The second-order valence-corrected chi connectivity index (χ2v) is 6.17. The minimum absolute atomic E-state index is 0.134. The molecule has 1 atom stereocenters. The van der Waals surface area contributed by atoms with E-state index in [9.17, 15) is 10.1 Å². The lowest BCUT2D eigenvalue weighted by Gasteiger charge is -2.05. The van der Waals surface area contributed by atoms with Gasteiger partial charge < -0.3 is 4.74 Å². The number of aromatic nitrogens is 1. The monoisotopic (exact) mass is 316 g/mol. The largest absolute Gasteiger partial charge is 0.466 e. The number of nitriles is 1. The van der Waals surface area contributed by atoms with E-state index in [2.05, 4.69) is 11.1 Å². The lowest BCUT2D eigenvalue weighted by atomic mass is 10.0. The van der Waals surface area contributed by atoms with Gasteiger partial charge in [-0.1, -0.05) is 25.0 Å². The van der Waals surface area contributed by atoms with E-state index in [1.165, 1.54) is 0 Å². The number of para-hydroxylation sites is 1. The fraction of sp³-hybridized carbons (Fsp3) is 0.471. The summed E-state index contributed by atoms with van der Waals surface area (Å²) in [6.45, 7) is 2.25. The number of ether oxygens (including phenoxy) is 1. The van der Waals surface area contributed by atoms with Crippen LogP contribution in [0.4, 0.5) is 0 Å². The van der Waals surface area contributed by atoms with E-state index < -0.39 is 0 Å². The number of carbonyl (C=O) groups excluding carboxylic acids is 1. The first-order chi connectivity index (χ1) is 10.7. The van der Waals surface area contributed by atoms with Gasteiger partial charge in [0, 0.05) is 6.42 Å². The van der Waals surface area contributed by atoms with E-state index in [1.807, 2.05) is 31.2 Å². The van der Waals surface area contributed by atoms with Gasteiger partial charge in [0.1, 0.15) is 5.01 Å². The number of thiazole rings is 1. The highest BCUT2D eigenvalue weighted by Crippen LogP contribution is 2.30. The normalized spacial score (nSPS) is 12.0. The molecular formula is C17H20N2O2S. The highest BCUT2D eigenvalue weighted by Gasteiger charge is 2.15. The number of carbonyl (C=O) groups is 1. The molecular weight excluding hydrogens is 296 g/mol. The number of nitrogens with zero attached hydrogens (tertiary/aromatic N) is 2. The molecule has 1 unspecified atom stereocenters. The number of benzene rings is 1. The van der Waals surface area contributed by atoms with Gasteiger partial charge in [-0.15, -0.1) is 11.3 Å². The molecule has 0 aliphatic carbocycles. The van der Waals surface area contributed by atoms with Gasteiger partial charge in [-0.05, 0) is 31.9 Å². The lowest BCUT2D eigenvalue weighted by Crippen LogP contribution is -2.03. The average molecular weight is 316 g/mol. The van der Waals surface area contributed by atoms with Gasteiger partial charge >= 0.3 is 5.97 Å². The smallest absolute Gasteiger partial charge is 0.305 e. The maximum absolute atomic E-state index is 11.2. The van der Waals surface area contributed by atoms with Gasteiger partial charge in [0.15, 0.2) is 0 Å². The molecule has 4 nitrogen and oxygen atoms in total. The van der Waals surface area contributed by atoms with Crippen LogP contribution in [-0.2, 0) is 9.53 Å². The van der Waals surface area contributed by atoms with Gasteiger partial charge in [0.05, 0.1) is 28.8 Å². The van der Waals surface area contributed by atoms with Gasteiger partial charge in [0.25, 0.3) is 0 Å². The van der Waals surface area contributed by atoms with Crippen molar-refractivity contribution in [2.45, 2.75) is 44.9 Å². The molecule has 0 spiro atoms. The minimum atomic E-state index is -0.153. The minimum Gasteiger partial charge on any atom is -0.466 e. The Morgan fingerprint density at radius 2 is 2.18 bits per heavy atom. The molecule has 1 aromatic heterocycles. The fourth-order valence-corrected chi connectivity index (χ4v) is 3.36. The van der Waals surface area contributed by atoms with Crippen LogP contribution in [0, 0.1) is 11.3 Å². The molecule has 0 amide bonds. The zero-order chi connectivity index (χ0) is 15.8. The molecule has 0 aliphatic heterocycles. The number of hydrogen-bond acceptors (Lipinski definition) is 5. The molecule has 0 saturated carbocycles. The van der Waals surface area contributed by atoms with Crippen molar-refractivity contribution in [2.24, 2.45) is 0 Å². The van der Waals surface area contributed by atoms with Crippen LogP contribution in [-0.4, -0.2) is 17.6 Å². The van der Waals surface area contributed by atoms with Crippen molar-refractivity contribution in [3.63, 3.8) is 0 Å². The van der Waals surface area contributed by atoms with Crippen LogP contribution < -0.4 is 0 Å². The summed E-state index contributed by atoms with van der Waals surface area (Å²) in [5, 5.41) is 10.3. The Balaban J connectivity index is 1.80. The third kappa shape index (κ3) is 4.54. The summed E-state index contributed by atoms with van der Waals surface area (Å²) in [4.78, 5) is 15.8. The summed E-state index contributed by atoms with van der Waals surface area (Å²) in [6, 6.07) is 10.3. The van der Waals surface area contributed by atoms with E-state index in [0.29, 0.717) is 13.0 Å². The number of unbranched alkanes of at least 4 members (excludes halogenated alkanes) is 2. The predicted octanol–water partition coefficient (Wildman–Crippen LogP) is 4.42. The van der Waals surface area contributed by atoms with Crippen LogP contribution in [0.1, 0.15) is 50.0 Å². The highest BCUT2D eigenvalue weighted by molar-refractivity contribution is 7.18. The Bertz CT molecular complexity index is 627. The molecule has 0 radical (unpaired) electrons. The number of fused-ring (bicyclic) bond motifs is 1. The van der Waals surface area contributed by atoms with Crippen molar-refractivity contribution in [3.05, 3.63) is 29.3 Å². The molecule has 2 rings (SSSR count). The topological polar surface area (TPSA) is 63.0 Å². The van der Waals surface area contributed by atoms with E-state index in [0.717, 1.165) is 40.9 Å². The highest BCUT2D eigenvalue weighted by atomic mass is 32.1. The molecule has 2 aromatic rings. The molecule has 1 heterocycles. The zero-order valence-electron chi connectivity index (χ0n) is 12.7. The Morgan fingerprint density at radius 3 is 2.91 bits per heavy atom. The maximum Gasteiger partial charge on any atom is 0.305 e. The van der Waals surface area contributed by atoms with Crippen molar-refractivity contribution in [2.75, 3.05) is 6.61 Å². The van der Waals surface area contributed by atoms with E-state index in [4.69, 9.17) is 4.74 Å². The second-order valence-electron chi connectivity index (χ2n) is 5.11. The number of esters is 1. The van der Waals surface area contributed by atoms with E-state index in [1.54, 1.807) is 11.3 Å². The lowest BCUT2D eigenvalue weighted by molar-refractivity contribution is -0.143. The first kappa shape index (κ1) is 16.4. The molecule has 0 aliphatic rings. The standard InChI is InChI=1S/C17H20N2O2S/c1-2-21-16(20)11-5-3-4-8-13(12-18)17-19-14-9-6-7-10-15(14)22-17/h6-7,9-10,13H,2-5,8,11H2,1H3. The number of rotatable bonds is 8. The van der Waals surface area contributed by atoms with E-state index >= 15 is 0 Å². The summed E-state index contributed by atoms with van der Waals surface area (Å²) < 4.78 is 6.02. The summed E-state index contributed by atoms with van der Waals surface area (Å²) in [5.74, 6) is -0.287. The molecule has 0 N–H and O–H groups in total. The summed E-state index contributed by atoms with van der Waals surface area (Å²) >= 11 is 1.60. The van der Waals surface area contributed by atoms with Crippen LogP contribution in [0.5, 0.6) is 0 Å². The molecule has 0 saturated heterocycles. The third-order valence-electron chi connectivity index (χ3n) is 3.44.